The first-order valence-electron chi connectivity index (χ1n) is 8.00. The highest BCUT2D eigenvalue weighted by Crippen LogP contribution is 2.34. The number of aromatic nitrogens is 1. The normalized spacial score (nSPS) is 12.2. The number of rotatable bonds is 4. The van der Waals surface area contributed by atoms with Crippen molar-refractivity contribution in [3.63, 3.8) is 0 Å². The van der Waals surface area contributed by atoms with Crippen molar-refractivity contribution in [1.29, 1.82) is 0 Å². The Morgan fingerprint density at radius 2 is 1.34 bits per heavy atom. The third-order valence-corrected chi connectivity index (χ3v) is 5.12. The molecule has 0 fully saturated rings. The lowest BCUT2D eigenvalue weighted by Crippen LogP contribution is -2.22. The fourth-order valence-electron chi connectivity index (χ4n) is 2.56. The van der Waals surface area contributed by atoms with Crippen LogP contribution in [0.3, 0.4) is 0 Å². The van der Waals surface area contributed by atoms with E-state index in [2.05, 4.69) is 4.98 Å². The number of aromatic carboxylic acids is 1. The molecule has 1 aromatic heterocycles. The van der Waals surface area contributed by atoms with Gasteiger partial charge in [-0.15, -0.1) is 11.3 Å². The summed E-state index contributed by atoms with van der Waals surface area (Å²) in [6, 6.07) is 8.20. The van der Waals surface area contributed by atoms with Gasteiger partial charge in [0.05, 0.1) is 27.7 Å². The molecule has 0 unspecified atom stereocenters. The van der Waals surface area contributed by atoms with Gasteiger partial charge in [0.2, 0.25) is 0 Å². The summed E-state index contributed by atoms with van der Waals surface area (Å²) in [6.45, 7) is 0. The van der Waals surface area contributed by atoms with Crippen LogP contribution in [0.2, 0.25) is 0 Å². The second-order valence-electron chi connectivity index (χ2n) is 6.03. The highest BCUT2D eigenvalue weighted by atomic mass is 32.1. The molecule has 3 aromatic rings. The highest BCUT2D eigenvalue weighted by Gasteiger charge is 2.31. The van der Waals surface area contributed by atoms with Gasteiger partial charge in [0.25, 0.3) is 0 Å². The van der Waals surface area contributed by atoms with Crippen LogP contribution in [0.15, 0.2) is 48.5 Å². The molecule has 2 aromatic carbocycles. The van der Waals surface area contributed by atoms with Gasteiger partial charge in [-0.3, -0.25) is 0 Å². The summed E-state index contributed by atoms with van der Waals surface area (Å²) in [4.78, 5) is 15.3. The van der Waals surface area contributed by atoms with E-state index in [-0.39, 0.29) is 27.6 Å². The second kappa shape index (κ2) is 7.51. The summed E-state index contributed by atoms with van der Waals surface area (Å²) in [5, 5.41) is 11.6. The molecule has 10 heteroatoms. The lowest BCUT2D eigenvalue weighted by molar-refractivity contribution is -0.254. The molecule has 0 bridgehead atoms. The van der Waals surface area contributed by atoms with E-state index in [4.69, 9.17) is 0 Å². The minimum atomic E-state index is -4.51. The first-order chi connectivity index (χ1) is 13.4. The Hall–Kier alpha value is -2.88. The third kappa shape index (κ3) is 4.76. The van der Waals surface area contributed by atoms with Gasteiger partial charge < -0.3 is 9.90 Å². The Labute approximate surface area is 164 Å². The van der Waals surface area contributed by atoms with E-state index in [9.17, 15) is 36.2 Å². The number of benzene rings is 2. The van der Waals surface area contributed by atoms with Gasteiger partial charge in [0.1, 0.15) is 5.01 Å². The zero-order valence-corrected chi connectivity index (χ0v) is 15.1. The van der Waals surface area contributed by atoms with Gasteiger partial charge in [0.15, 0.2) is 0 Å². The van der Waals surface area contributed by atoms with Crippen LogP contribution in [-0.4, -0.2) is 11.0 Å². The maximum absolute atomic E-state index is 12.7. The van der Waals surface area contributed by atoms with Crippen LogP contribution in [0.25, 0.3) is 10.6 Å². The van der Waals surface area contributed by atoms with E-state index in [1.165, 1.54) is 24.3 Å². The molecule has 0 amide bonds. The summed E-state index contributed by atoms with van der Waals surface area (Å²) in [7, 11) is 0. The fraction of sp³-hybridized carbons (Fsp3) is 0.158. The molecule has 0 saturated carbocycles. The standard InChI is InChI=1S/C19H11F6NO2S/c20-18(21,22)12-5-1-10(2-6-12)9-14-15(17(27)28)29-16(26-14)11-3-7-13(8-4-11)19(23,24)25/h1-8H,9H2,(H,27,28)/p-1. The number of hydrogen-bond donors (Lipinski definition) is 0. The van der Waals surface area contributed by atoms with Crippen molar-refractivity contribution in [3.05, 3.63) is 75.8 Å². The molecule has 3 nitrogen and oxygen atoms in total. The topological polar surface area (TPSA) is 53.0 Å². The van der Waals surface area contributed by atoms with E-state index < -0.39 is 29.4 Å². The van der Waals surface area contributed by atoms with Crippen molar-refractivity contribution in [2.24, 2.45) is 0 Å². The zero-order valence-electron chi connectivity index (χ0n) is 14.3. The van der Waals surface area contributed by atoms with Gasteiger partial charge in [0, 0.05) is 12.0 Å². The molecule has 0 aliphatic carbocycles. The number of nitrogens with zero attached hydrogens (tertiary/aromatic N) is 1. The van der Waals surface area contributed by atoms with Crippen LogP contribution in [0.4, 0.5) is 26.3 Å². The molecule has 0 N–H and O–H groups in total. The largest absolute Gasteiger partial charge is 0.544 e. The minimum absolute atomic E-state index is 0.0599. The van der Waals surface area contributed by atoms with Crippen molar-refractivity contribution in [2.75, 3.05) is 0 Å². The van der Waals surface area contributed by atoms with E-state index in [1.54, 1.807) is 0 Å². The summed E-state index contributed by atoms with van der Waals surface area (Å²) in [6.07, 6.45) is -9.07. The number of carboxylic acids is 1. The van der Waals surface area contributed by atoms with Gasteiger partial charge in [-0.1, -0.05) is 24.3 Å². The van der Waals surface area contributed by atoms with E-state index in [0.29, 0.717) is 5.56 Å². The zero-order chi connectivity index (χ0) is 21.4. The lowest BCUT2D eigenvalue weighted by Gasteiger charge is -2.08. The maximum atomic E-state index is 12.7. The molecular weight excluding hydrogens is 420 g/mol. The fourth-order valence-corrected chi connectivity index (χ4v) is 3.48. The number of carbonyl (C=O) groups excluding carboxylic acids is 1. The number of halogens is 6. The Morgan fingerprint density at radius 1 is 0.862 bits per heavy atom. The van der Waals surface area contributed by atoms with Crippen LogP contribution in [0.5, 0.6) is 0 Å². The molecular formula is C19H10F6NO2S-. The number of carboxylic acid groups (broad SMARTS) is 1. The molecule has 0 saturated heterocycles. The van der Waals surface area contributed by atoms with Crippen LogP contribution in [0, 0.1) is 0 Å². The van der Waals surface area contributed by atoms with Gasteiger partial charge >= 0.3 is 12.4 Å². The van der Waals surface area contributed by atoms with Crippen molar-refractivity contribution in [1.82, 2.24) is 4.98 Å². The SMILES string of the molecule is O=C([O-])c1sc(-c2ccc(C(F)(F)F)cc2)nc1Cc1ccc(C(F)(F)F)cc1. The first kappa shape index (κ1) is 20.8. The van der Waals surface area contributed by atoms with E-state index >= 15 is 0 Å². The summed E-state index contributed by atoms with van der Waals surface area (Å²) in [5.41, 5.74) is -0.966. The molecule has 0 spiro atoms. The number of hydrogen-bond acceptors (Lipinski definition) is 4. The molecule has 0 radical (unpaired) electrons. The monoisotopic (exact) mass is 430 g/mol. The molecule has 0 aliphatic heterocycles. The molecule has 29 heavy (non-hydrogen) atoms. The number of thiazole rings is 1. The van der Waals surface area contributed by atoms with Crippen LogP contribution < -0.4 is 5.11 Å². The Balaban J connectivity index is 1.90. The molecule has 1 heterocycles. The smallest absolute Gasteiger partial charge is 0.416 e. The first-order valence-corrected chi connectivity index (χ1v) is 8.81. The summed E-state index contributed by atoms with van der Waals surface area (Å²) < 4.78 is 75.9. The Morgan fingerprint density at radius 3 is 1.79 bits per heavy atom. The number of carbonyl (C=O) groups is 1. The minimum Gasteiger partial charge on any atom is -0.544 e. The summed E-state index contributed by atoms with van der Waals surface area (Å²) in [5.74, 6) is -1.53. The van der Waals surface area contributed by atoms with Crippen molar-refractivity contribution in [3.8, 4) is 10.6 Å². The second-order valence-corrected chi connectivity index (χ2v) is 7.03. The van der Waals surface area contributed by atoms with Gasteiger partial charge in [-0.2, -0.15) is 26.3 Å². The predicted molar refractivity (Wildman–Crippen MR) is 91.1 cm³/mol. The average Bonchev–Trinajstić information content (AvgIpc) is 3.05. The maximum Gasteiger partial charge on any atom is 0.416 e. The van der Waals surface area contributed by atoms with Crippen molar-refractivity contribution >= 4 is 17.3 Å². The van der Waals surface area contributed by atoms with Crippen LogP contribution >= 0.6 is 11.3 Å². The lowest BCUT2D eigenvalue weighted by atomic mass is 10.1. The van der Waals surface area contributed by atoms with Crippen LogP contribution in [0.1, 0.15) is 32.1 Å². The quantitative estimate of drug-likeness (QED) is 0.559. The van der Waals surface area contributed by atoms with Gasteiger partial charge in [-0.25, -0.2) is 4.98 Å². The molecule has 3 rings (SSSR count). The molecule has 0 atom stereocenters. The Kier molecular flexibility index (Phi) is 5.40. The summed E-state index contributed by atoms with van der Waals surface area (Å²) >= 11 is 0.726. The molecule has 152 valence electrons. The van der Waals surface area contributed by atoms with E-state index in [0.717, 1.165) is 35.6 Å². The van der Waals surface area contributed by atoms with Crippen LogP contribution in [-0.2, 0) is 18.8 Å². The van der Waals surface area contributed by atoms with Crippen molar-refractivity contribution in [2.45, 2.75) is 18.8 Å². The number of alkyl halides is 6. The highest BCUT2D eigenvalue weighted by molar-refractivity contribution is 7.17. The molecule has 0 aliphatic rings. The van der Waals surface area contributed by atoms with Gasteiger partial charge in [-0.05, 0) is 29.8 Å². The van der Waals surface area contributed by atoms with Crippen molar-refractivity contribution < 1.29 is 36.2 Å². The average molecular weight is 430 g/mol. The predicted octanol–water partition coefficient (Wildman–Crippen LogP) is 4.80. The van der Waals surface area contributed by atoms with E-state index in [1.807, 2.05) is 0 Å². The third-order valence-electron chi connectivity index (χ3n) is 3.99. The Bertz CT molecular complexity index is 1020.